The van der Waals surface area contributed by atoms with Gasteiger partial charge in [-0.3, -0.25) is 4.79 Å². The van der Waals surface area contributed by atoms with E-state index in [9.17, 15) is 9.18 Å². The predicted octanol–water partition coefficient (Wildman–Crippen LogP) is 3.00. The van der Waals surface area contributed by atoms with Crippen molar-refractivity contribution >= 4 is 17.4 Å². The third kappa shape index (κ3) is 1.73. The minimum atomic E-state index is -0.617. The molecule has 0 atom stereocenters. The first-order chi connectivity index (χ1) is 6.49. The number of halogens is 2. The van der Waals surface area contributed by atoms with E-state index in [-0.39, 0.29) is 22.1 Å². The molecule has 0 saturated carbocycles. The minimum Gasteiger partial charge on any atom is -0.493 e. The number of Topliss-reactive ketones (excluding diaryl/α,β-unsaturated/α-hetero) is 1. The number of hydrogen-bond donors (Lipinski definition) is 0. The standard InChI is InChI=1S/C10H10ClFO2/c1-5-7(11)4-8(12)10(14-3)9(5)6(2)13/h4H,1-3H3. The number of rotatable bonds is 2. The van der Waals surface area contributed by atoms with Gasteiger partial charge in [0.1, 0.15) is 0 Å². The first-order valence-corrected chi connectivity index (χ1v) is 4.40. The van der Waals surface area contributed by atoms with Crippen LogP contribution in [0.4, 0.5) is 4.39 Å². The maximum absolute atomic E-state index is 13.3. The molecule has 0 heterocycles. The Kier molecular flexibility index (Phi) is 3.11. The van der Waals surface area contributed by atoms with Gasteiger partial charge in [-0.05, 0) is 25.5 Å². The Morgan fingerprint density at radius 2 is 2.14 bits per heavy atom. The lowest BCUT2D eigenvalue weighted by atomic mass is 10.0. The van der Waals surface area contributed by atoms with E-state index in [0.717, 1.165) is 6.07 Å². The Morgan fingerprint density at radius 1 is 1.57 bits per heavy atom. The van der Waals surface area contributed by atoms with Gasteiger partial charge in [0.15, 0.2) is 17.3 Å². The molecule has 0 bridgehead atoms. The molecule has 0 aliphatic rings. The third-order valence-corrected chi connectivity index (χ3v) is 2.38. The molecule has 1 aromatic rings. The summed E-state index contributed by atoms with van der Waals surface area (Å²) in [5.41, 5.74) is 0.745. The van der Waals surface area contributed by atoms with E-state index >= 15 is 0 Å². The van der Waals surface area contributed by atoms with Crippen molar-refractivity contribution in [1.82, 2.24) is 0 Å². The number of hydrogen-bond acceptors (Lipinski definition) is 2. The van der Waals surface area contributed by atoms with Gasteiger partial charge in [0.2, 0.25) is 0 Å². The van der Waals surface area contributed by atoms with Crippen molar-refractivity contribution in [1.29, 1.82) is 0 Å². The highest BCUT2D eigenvalue weighted by atomic mass is 35.5. The third-order valence-electron chi connectivity index (χ3n) is 1.99. The van der Waals surface area contributed by atoms with Gasteiger partial charge in [0, 0.05) is 5.02 Å². The maximum atomic E-state index is 13.3. The van der Waals surface area contributed by atoms with Crippen LogP contribution in [0, 0.1) is 12.7 Å². The summed E-state index contributed by atoms with van der Waals surface area (Å²) in [4.78, 5) is 11.2. The van der Waals surface area contributed by atoms with Crippen molar-refractivity contribution in [2.45, 2.75) is 13.8 Å². The number of carbonyl (C=O) groups excluding carboxylic acids is 1. The van der Waals surface area contributed by atoms with Gasteiger partial charge in [0.05, 0.1) is 12.7 Å². The molecule has 14 heavy (non-hydrogen) atoms. The fourth-order valence-electron chi connectivity index (χ4n) is 1.32. The van der Waals surface area contributed by atoms with E-state index < -0.39 is 5.82 Å². The zero-order valence-electron chi connectivity index (χ0n) is 8.15. The summed E-state index contributed by atoms with van der Waals surface area (Å²) in [6.45, 7) is 3.00. The van der Waals surface area contributed by atoms with Gasteiger partial charge in [-0.25, -0.2) is 4.39 Å². The lowest BCUT2D eigenvalue weighted by Crippen LogP contribution is -2.03. The van der Waals surface area contributed by atoms with Crippen LogP contribution in [0.1, 0.15) is 22.8 Å². The summed E-state index contributed by atoms with van der Waals surface area (Å²) < 4.78 is 18.1. The molecular weight excluding hydrogens is 207 g/mol. The van der Waals surface area contributed by atoms with Crippen molar-refractivity contribution in [2.24, 2.45) is 0 Å². The summed E-state index contributed by atoms with van der Waals surface area (Å²) in [7, 11) is 1.32. The summed E-state index contributed by atoms with van der Waals surface area (Å²) in [6.07, 6.45) is 0. The molecule has 0 unspecified atom stereocenters. The van der Waals surface area contributed by atoms with Crippen LogP contribution in [0.3, 0.4) is 0 Å². The van der Waals surface area contributed by atoms with Crippen molar-refractivity contribution in [2.75, 3.05) is 7.11 Å². The van der Waals surface area contributed by atoms with Crippen molar-refractivity contribution in [3.8, 4) is 5.75 Å². The van der Waals surface area contributed by atoms with Crippen LogP contribution in [0.25, 0.3) is 0 Å². The second-order valence-electron chi connectivity index (χ2n) is 2.93. The Bertz CT molecular complexity index is 388. The first-order valence-electron chi connectivity index (χ1n) is 4.02. The van der Waals surface area contributed by atoms with Crippen molar-refractivity contribution < 1.29 is 13.9 Å². The van der Waals surface area contributed by atoms with Gasteiger partial charge in [0.25, 0.3) is 0 Å². The zero-order chi connectivity index (χ0) is 10.9. The lowest BCUT2D eigenvalue weighted by molar-refractivity contribution is 0.101. The average Bonchev–Trinajstić information content (AvgIpc) is 2.10. The minimum absolute atomic E-state index is 0.0422. The fourth-order valence-corrected chi connectivity index (χ4v) is 1.51. The highest BCUT2D eigenvalue weighted by Gasteiger charge is 2.18. The van der Waals surface area contributed by atoms with E-state index in [1.54, 1.807) is 6.92 Å². The lowest BCUT2D eigenvalue weighted by Gasteiger charge is -2.11. The van der Waals surface area contributed by atoms with Crippen molar-refractivity contribution in [3.63, 3.8) is 0 Å². The molecule has 0 N–H and O–H groups in total. The second-order valence-corrected chi connectivity index (χ2v) is 3.34. The molecule has 0 aliphatic heterocycles. The van der Waals surface area contributed by atoms with Gasteiger partial charge in [-0.2, -0.15) is 0 Å². The van der Waals surface area contributed by atoms with E-state index in [0.29, 0.717) is 5.56 Å². The van der Waals surface area contributed by atoms with Crippen LogP contribution < -0.4 is 4.74 Å². The fraction of sp³-hybridized carbons (Fsp3) is 0.300. The SMILES string of the molecule is COc1c(F)cc(Cl)c(C)c1C(C)=O. The number of ether oxygens (including phenoxy) is 1. The quantitative estimate of drug-likeness (QED) is 0.711. The Balaban J connectivity index is 3.56. The second kappa shape index (κ2) is 3.96. The predicted molar refractivity (Wildman–Crippen MR) is 52.7 cm³/mol. The molecule has 0 amide bonds. The van der Waals surface area contributed by atoms with Gasteiger partial charge in [-0.1, -0.05) is 11.6 Å². The van der Waals surface area contributed by atoms with Crippen LogP contribution >= 0.6 is 11.6 Å². The monoisotopic (exact) mass is 216 g/mol. The number of methoxy groups -OCH3 is 1. The summed E-state index contributed by atoms with van der Waals surface area (Å²) in [5, 5.41) is 0.230. The zero-order valence-corrected chi connectivity index (χ0v) is 8.91. The first kappa shape index (κ1) is 11.0. The summed E-state index contributed by atoms with van der Waals surface area (Å²) in [6, 6.07) is 1.14. The molecule has 0 saturated heterocycles. The smallest absolute Gasteiger partial charge is 0.167 e. The van der Waals surface area contributed by atoms with Crippen LogP contribution in [-0.2, 0) is 0 Å². The molecule has 0 spiro atoms. The highest BCUT2D eigenvalue weighted by molar-refractivity contribution is 6.32. The van der Waals surface area contributed by atoms with Gasteiger partial charge >= 0.3 is 0 Å². The topological polar surface area (TPSA) is 26.3 Å². The van der Waals surface area contributed by atoms with E-state index in [2.05, 4.69) is 0 Å². The molecule has 1 rings (SSSR count). The van der Waals surface area contributed by atoms with Gasteiger partial charge < -0.3 is 4.74 Å². The molecule has 0 aliphatic carbocycles. The molecule has 0 fully saturated rings. The Hall–Kier alpha value is -1.09. The molecule has 4 heteroatoms. The van der Waals surface area contributed by atoms with E-state index in [1.165, 1.54) is 14.0 Å². The van der Waals surface area contributed by atoms with E-state index in [4.69, 9.17) is 16.3 Å². The molecule has 76 valence electrons. The van der Waals surface area contributed by atoms with Crippen LogP contribution in [0.5, 0.6) is 5.75 Å². The highest BCUT2D eigenvalue weighted by Crippen LogP contribution is 2.31. The molecule has 0 aromatic heterocycles. The molecule has 1 aromatic carbocycles. The molecule has 0 radical (unpaired) electrons. The summed E-state index contributed by atoms with van der Waals surface area (Å²) in [5.74, 6) is -0.923. The maximum Gasteiger partial charge on any atom is 0.167 e. The van der Waals surface area contributed by atoms with Crippen molar-refractivity contribution in [3.05, 3.63) is 28.0 Å². The number of ketones is 1. The summed E-state index contributed by atoms with van der Waals surface area (Å²) >= 11 is 5.74. The normalized spacial score (nSPS) is 10.1. The van der Waals surface area contributed by atoms with Gasteiger partial charge in [-0.15, -0.1) is 0 Å². The Labute approximate surface area is 86.6 Å². The van der Waals surface area contributed by atoms with Crippen LogP contribution in [-0.4, -0.2) is 12.9 Å². The van der Waals surface area contributed by atoms with Crippen LogP contribution in [0.2, 0.25) is 5.02 Å². The average molecular weight is 217 g/mol. The molecular formula is C10H10ClFO2. The number of benzene rings is 1. The largest absolute Gasteiger partial charge is 0.493 e. The Morgan fingerprint density at radius 3 is 2.57 bits per heavy atom. The van der Waals surface area contributed by atoms with Crippen LogP contribution in [0.15, 0.2) is 6.07 Å². The molecule has 2 nitrogen and oxygen atoms in total. The number of carbonyl (C=O) groups is 1. The van der Waals surface area contributed by atoms with E-state index in [1.807, 2.05) is 0 Å².